The van der Waals surface area contributed by atoms with Crippen molar-refractivity contribution in [2.24, 2.45) is 0 Å². The highest BCUT2D eigenvalue weighted by molar-refractivity contribution is 7.80. The Bertz CT molecular complexity index is 263. The van der Waals surface area contributed by atoms with Crippen molar-refractivity contribution in [3.05, 3.63) is 29.3 Å². The van der Waals surface area contributed by atoms with Crippen LogP contribution in [0.4, 0.5) is 0 Å². The first-order valence-electron chi connectivity index (χ1n) is 5.04. The number of hydrogen-bond donors (Lipinski definition) is 1. The average molecular weight is 210 g/mol. The molecule has 0 N–H and O–H groups in total. The van der Waals surface area contributed by atoms with Gasteiger partial charge in [0.1, 0.15) is 5.75 Å². The molecule has 1 rings (SSSR count). The Kier molecular flexibility index (Phi) is 4.88. The topological polar surface area (TPSA) is 9.23 Å². The number of unbranched alkanes of at least 4 members (excludes halogenated alkanes) is 1. The molecule has 0 heterocycles. The number of hydrogen-bond acceptors (Lipinski definition) is 2. The Labute approximate surface area is 91.9 Å². The fourth-order valence-electron chi connectivity index (χ4n) is 1.42. The van der Waals surface area contributed by atoms with Gasteiger partial charge in [-0.05, 0) is 55.7 Å². The Morgan fingerprint density at radius 1 is 1.07 bits per heavy atom. The fraction of sp³-hybridized carbons (Fsp3) is 0.500. The third-order valence-corrected chi connectivity index (χ3v) is 2.33. The second kappa shape index (κ2) is 5.97. The number of thiol groups is 1. The van der Waals surface area contributed by atoms with E-state index < -0.39 is 0 Å². The average Bonchev–Trinajstić information content (AvgIpc) is 2.11. The summed E-state index contributed by atoms with van der Waals surface area (Å²) in [6, 6.07) is 6.31. The van der Waals surface area contributed by atoms with Crippen LogP contribution in [0.2, 0.25) is 0 Å². The lowest BCUT2D eigenvalue weighted by Crippen LogP contribution is -1.98. The zero-order valence-corrected chi connectivity index (χ0v) is 9.81. The summed E-state index contributed by atoms with van der Waals surface area (Å²) in [5.74, 6) is 1.93. The van der Waals surface area contributed by atoms with Crippen LogP contribution in [0.25, 0.3) is 0 Å². The van der Waals surface area contributed by atoms with Crippen LogP contribution in [0.1, 0.15) is 24.0 Å². The van der Waals surface area contributed by atoms with E-state index in [2.05, 4.69) is 44.7 Å². The van der Waals surface area contributed by atoms with Gasteiger partial charge in [0.15, 0.2) is 0 Å². The van der Waals surface area contributed by atoms with Crippen molar-refractivity contribution in [1.82, 2.24) is 0 Å². The van der Waals surface area contributed by atoms with E-state index in [1.165, 1.54) is 11.1 Å². The highest BCUT2D eigenvalue weighted by Gasteiger charge is 1.96. The third kappa shape index (κ3) is 4.05. The number of benzene rings is 1. The smallest absolute Gasteiger partial charge is 0.119 e. The summed E-state index contributed by atoms with van der Waals surface area (Å²) in [6.07, 6.45) is 2.20. The van der Waals surface area contributed by atoms with E-state index in [1.807, 2.05) is 0 Å². The minimum atomic E-state index is 0.795. The van der Waals surface area contributed by atoms with Crippen LogP contribution in [0.15, 0.2) is 18.2 Å². The first-order chi connectivity index (χ1) is 6.72. The maximum Gasteiger partial charge on any atom is 0.119 e. The zero-order chi connectivity index (χ0) is 10.4. The zero-order valence-electron chi connectivity index (χ0n) is 8.92. The van der Waals surface area contributed by atoms with Crippen LogP contribution < -0.4 is 4.74 Å². The largest absolute Gasteiger partial charge is 0.494 e. The van der Waals surface area contributed by atoms with Crippen molar-refractivity contribution in [3.8, 4) is 5.75 Å². The summed E-state index contributed by atoms with van der Waals surface area (Å²) in [4.78, 5) is 0. The van der Waals surface area contributed by atoms with E-state index >= 15 is 0 Å². The van der Waals surface area contributed by atoms with Gasteiger partial charge in [-0.15, -0.1) is 0 Å². The summed E-state index contributed by atoms with van der Waals surface area (Å²) in [5.41, 5.74) is 2.52. The lowest BCUT2D eigenvalue weighted by atomic mass is 10.1. The van der Waals surface area contributed by atoms with Crippen LogP contribution >= 0.6 is 12.6 Å². The summed E-state index contributed by atoms with van der Waals surface area (Å²) in [7, 11) is 0. The molecule has 0 bridgehead atoms. The molecule has 0 aliphatic rings. The van der Waals surface area contributed by atoms with Crippen molar-refractivity contribution in [3.63, 3.8) is 0 Å². The fourth-order valence-corrected chi connectivity index (χ4v) is 1.64. The Morgan fingerprint density at radius 2 is 1.71 bits per heavy atom. The van der Waals surface area contributed by atoms with Crippen molar-refractivity contribution in [2.75, 3.05) is 12.4 Å². The van der Waals surface area contributed by atoms with Crippen molar-refractivity contribution >= 4 is 12.6 Å². The second-order valence-electron chi connectivity index (χ2n) is 3.60. The molecule has 78 valence electrons. The number of ether oxygens (including phenoxy) is 1. The van der Waals surface area contributed by atoms with Gasteiger partial charge in [-0.2, -0.15) is 12.6 Å². The van der Waals surface area contributed by atoms with Crippen molar-refractivity contribution in [1.29, 1.82) is 0 Å². The molecular weight excluding hydrogens is 192 g/mol. The number of rotatable bonds is 5. The molecule has 1 aromatic carbocycles. The molecule has 0 aliphatic carbocycles. The molecule has 1 aromatic rings. The molecule has 0 unspecified atom stereocenters. The summed E-state index contributed by atoms with van der Waals surface area (Å²) < 4.78 is 5.64. The molecule has 0 aliphatic heterocycles. The third-order valence-electron chi connectivity index (χ3n) is 2.02. The highest BCUT2D eigenvalue weighted by Crippen LogP contribution is 2.16. The van der Waals surface area contributed by atoms with Gasteiger partial charge in [-0.3, -0.25) is 0 Å². The quantitative estimate of drug-likeness (QED) is 0.579. The Morgan fingerprint density at radius 3 is 2.29 bits per heavy atom. The van der Waals surface area contributed by atoms with Gasteiger partial charge >= 0.3 is 0 Å². The molecule has 0 fully saturated rings. The normalized spacial score (nSPS) is 10.2. The molecule has 0 spiro atoms. The molecule has 0 saturated carbocycles. The van der Waals surface area contributed by atoms with Crippen molar-refractivity contribution < 1.29 is 4.74 Å². The van der Waals surface area contributed by atoms with Gasteiger partial charge in [0.25, 0.3) is 0 Å². The standard InChI is InChI=1S/C12H18OS/c1-10-7-11(2)9-12(8-10)13-5-3-4-6-14/h7-9,14H,3-6H2,1-2H3. The maximum atomic E-state index is 5.64. The van der Waals surface area contributed by atoms with Gasteiger partial charge in [0.05, 0.1) is 6.61 Å². The molecule has 0 amide bonds. The van der Waals surface area contributed by atoms with E-state index in [9.17, 15) is 0 Å². The van der Waals surface area contributed by atoms with Crippen molar-refractivity contribution in [2.45, 2.75) is 26.7 Å². The molecule has 0 atom stereocenters. The van der Waals surface area contributed by atoms with Gasteiger partial charge in [0.2, 0.25) is 0 Å². The lowest BCUT2D eigenvalue weighted by molar-refractivity contribution is 0.309. The second-order valence-corrected chi connectivity index (χ2v) is 4.05. The van der Waals surface area contributed by atoms with Gasteiger partial charge < -0.3 is 4.74 Å². The molecule has 0 radical (unpaired) electrons. The number of aryl methyl sites for hydroxylation is 2. The summed E-state index contributed by atoms with van der Waals surface area (Å²) in [5, 5.41) is 0. The molecule has 0 aromatic heterocycles. The van der Waals surface area contributed by atoms with Gasteiger partial charge in [-0.25, -0.2) is 0 Å². The highest BCUT2D eigenvalue weighted by atomic mass is 32.1. The van der Waals surface area contributed by atoms with Crippen LogP contribution in [0.3, 0.4) is 0 Å². The maximum absolute atomic E-state index is 5.64. The van der Waals surface area contributed by atoms with E-state index in [-0.39, 0.29) is 0 Å². The molecular formula is C12H18OS. The van der Waals surface area contributed by atoms with Crippen LogP contribution in [0.5, 0.6) is 5.75 Å². The molecule has 14 heavy (non-hydrogen) atoms. The SMILES string of the molecule is Cc1cc(C)cc(OCCCCS)c1. The lowest BCUT2D eigenvalue weighted by Gasteiger charge is -2.07. The van der Waals surface area contributed by atoms with E-state index in [0.29, 0.717) is 0 Å². The first-order valence-corrected chi connectivity index (χ1v) is 5.67. The first kappa shape index (κ1) is 11.4. The van der Waals surface area contributed by atoms with E-state index in [0.717, 1.165) is 31.0 Å². The van der Waals surface area contributed by atoms with E-state index in [4.69, 9.17) is 4.74 Å². The Balaban J connectivity index is 2.42. The van der Waals surface area contributed by atoms with Crippen LogP contribution in [0, 0.1) is 13.8 Å². The van der Waals surface area contributed by atoms with Crippen LogP contribution in [-0.2, 0) is 0 Å². The molecule has 1 nitrogen and oxygen atoms in total. The van der Waals surface area contributed by atoms with Gasteiger partial charge in [-0.1, -0.05) is 6.07 Å². The van der Waals surface area contributed by atoms with E-state index in [1.54, 1.807) is 0 Å². The minimum absolute atomic E-state index is 0.795. The summed E-state index contributed by atoms with van der Waals surface area (Å²) in [6.45, 7) is 4.98. The van der Waals surface area contributed by atoms with Crippen LogP contribution in [-0.4, -0.2) is 12.4 Å². The minimum Gasteiger partial charge on any atom is -0.494 e. The predicted octanol–water partition coefficient (Wildman–Crippen LogP) is 3.39. The molecule has 0 saturated heterocycles. The monoisotopic (exact) mass is 210 g/mol. The van der Waals surface area contributed by atoms with Gasteiger partial charge in [0, 0.05) is 0 Å². The predicted molar refractivity (Wildman–Crippen MR) is 64.5 cm³/mol. The summed E-state index contributed by atoms with van der Waals surface area (Å²) >= 11 is 4.16. The molecule has 2 heteroatoms. The Hall–Kier alpha value is -0.630.